The lowest BCUT2D eigenvalue weighted by atomic mass is 9.93. The largest absolute Gasteiger partial charge is 0.378 e. The van der Waals surface area contributed by atoms with Gasteiger partial charge in [-0.25, -0.2) is 4.98 Å². The zero-order valence-electron chi connectivity index (χ0n) is 19.9. The number of carbonyl (C=O) groups excluding carboxylic acids is 1. The van der Waals surface area contributed by atoms with Gasteiger partial charge in [0.25, 0.3) is 11.5 Å². The molecule has 3 heterocycles. The third-order valence-electron chi connectivity index (χ3n) is 7.18. The molecule has 5 rings (SSSR count). The third kappa shape index (κ3) is 4.57. The Kier molecular flexibility index (Phi) is 6.36. The molecular weight excluding hydrogens is 508 g/mol. The minimum absolute atomic E-state index is 0.138. The van der Waals surface area contributed by atoms with Gasteiger partial charge < -0.3 is 15.0 Å². The molecule has 3 aromatic rings. The molecule has 1 fully saturated rings. The fourth-order valence-electron chi connectivity index (χ4n) is 4.85. The smallest absolute Gasteiger partial charge is 0.256 e. The molecular formula is C27H29BrN4O3. The first-order valence-corrected chi connectivity index (χ1v) is 12.9. The second-order valence-corrected chi connectivity index (χ2v) is 10.8. The summed E-state index contributed by atoms with van der Waals surface area (Å²) in [5.41, 5.74) is 3.52. The highest BCUT2D eigenvalue weighted by Gasteiger charge is 2.49. The van der Waals surface area contributed by atoms with Gasteiger partial charge in [0.15, 0.2) is 6.10 Å². The summed E-state index contributed by atoms with van der Waals surface area (Å²) in [6.07, 6.45) is 5.62. The lowest BCUT2D eigenvalue weighted by molar-refractivity contribution is -0.141. The molecule has 1 aromatic carbocycles. The van der Waals surface area contributed by atoms with Crippen LogP contribution in [0.25, 0.3) is 0 Å². The van der Waals surface area contributed by atoms with E-state index in [2.05, 4.69) is 45.8 Å². The number of hydrogen-bond donors (Lipinski definition) is 2. The molecule has 35 heavy (non-hydrogen) atoms. The lowest BCUT2D eigenvalue weighted by Crippen LogP contribution is -2.36. The maximum Gasteiger partial charge on any atom is 0.256 e. The Morgan fingerprint density at radius 1 is 1.20 bits per heavy atom. The minimum atomic E-state index is -1.28. The Hall–Kier alpha value is -2.84. The molecule has 1 amide bonds. The van der Waals surface area contributed by atoms with Crippen molar-refractivity contribution in [3.63, 3.8) is 0 Å². The van der Waals surface area contributed by atoms with E-state index in [1.165, 1.54) is 5.56 Å². The molecule has 1 saturated carbocycles. The van der Waals surface area contributed by atoms with Crippen LogP contribution in [-0.4, -0.2) is 37.4 Å². The molecule has 1 aliphatic heterocycles. The molecule has 2 aliphatic rings. The summed E-state index contributed by atoms with van der Waals surface area (Å²) < 4.78 is 0.791. The molecule has 2 N–H and O–H groups in total. The van der Waals surface area contributed by atoms with Gasteiger partial charge in [-0.3, -0.25) is 14.6 Å². The number of aryl methyl sites for hydroxylation is 1. The van der Waals surface area contributed by atoms with Crippen molar-refractivity contribution >= 4 is 21.8 Å². The van der Waals surface area contributed by atoms with E-state index in [-0.39, 0.29) is 17.5 Å². The van der Waals surface area contributed by atoms with Crippen LogP contribution in [0.3, 0.4) is 0 Å². The number of carbonyl (C=O) groups is 1. The van der Waals surface area contributed by atoms with Crippen LogP contribution in [-0.2, 0) is 23.2 Å². The second-order valence-electron chi connectivity index (χ2n) is 9.90. The number of hydrogen-bond acceptors (Lipinski definition) is 5. The summed E-state index contributed by atoms with van der Waals surface area (Å²) in [5.74, 6) is 0.653. The fourth-order valence-corrected chi connectivity index (χ4v) is 5.27. The van der Waals surface area contributed by atoms with Crippen LogP contribution in [0.4, 0.5) is 0 Å². The standard InChI is InChI=1S/C27H29BrN4O3/c1-16(2)18-11-19(14-29-13-18)27(8-9-27)26-30-22-7-4-10-32(15-21(22)24(34)31-26)25(35)23(33)17-5-3-6-20(28)12-17/h3,5-6,11-14,16,23,33H,4,7-10,15H2,1-2H3,(H,30,31,34). The van der Waals surface area contributed by atoms with E-state index in [4.69, 9.17) is 4.98 Å². The highest BCUT2D eigenvalue weighted by atomic mass is 79.9. The van der Waals surface area contributed by atoms with E-state index in [1.807, 2.05) is 18.5 Å². The van der Waals surface area contributed by atoms with Gasteiger partial charge in [0, 0.05) is 23.4 Å². The van der Waals surface area contributed by atoms with Gasteiger partial charge in [-0.05, 0) is 60.4 Å². The number of fused-ring (bicyclic) bond motifs is 1. The summed E-state index contributed by atoms with van der Waals surface area (Å²) in [5, 5.41) is 10.7. The number of nitrogens with zero attached hydrogens (tertiary/aromatic N) is 3. The van der Waals surface area contributed by atoms with E-state index in [9.17, 15) is 14.7 Å². The zero-order valence-corrected chi connectivity index (χ0v) is 21.5. The predicted octanol–water partition coefficient (Wildman–Crippen LogP) is 4.14. The molecule has 0 spiro atoms. The van der Waals surface area contributed by atoms with Crippen molar-refractivity contribution in [2.24, 2.45) is 0 Å². The van der Waals surface area contributed by atoms with E-state index in [0.717, 1.165) is 28.6 Å². The van der Waals surface area contributed by atoms with Gasteiger partial charge in [0.2, 0.25) is 0 Å². The van der Waals surface area contributed by atoms with Crippen molar-refractivity contribution in [2.45, 2.75) is 63.5 Å². The maximum atomic E-state index is 13.3. The van der Waals surface area contributed by atoms with E-state index >= 15 is 0 Å². The first-order chi connectivity index (χ1) is 16.8. The SMILES string of the molecule is CC(C)c1cncc(C2(c3nc4c(c(=O)[nH]3)CN(C(=O)C(O)c3cccc(Br)c3)CCC4)CC2)c1. The Morgan fingerprint density at radius 2 is 2.00 bits per heavy atom. The molecule has 1 aliphatic carbocycles. The Morgan fingerprint density at radius 3 is 2.71 bits per heavy atom. The summed E-state index contributed by atoms with van der Waals surface area (Å²) >= 11 is 3.38. The van der Waals surface area contributed by atoms with Crippen molar-refractivity contribution in [1.29, 1.82) is 0 Å². The van der Waals surface area contributed by atoms with E-state index in [1.54, 1.807) is 23.1 Å². The Bertz CT molecular complexity index is 1330. The van der Waals surface area contributed by atoms with E-state index in [0.29, 0.717) is 42.3 Å². The van der Waals surface area contributed by atoms with Gasteiger partial charge in [0.05, 0.1) is 23.2 Å². The average Bonchev–Trinajstić information content (AvgIpc) is 3.68. The molecule has 8 heteroatoms. The highest BCUT2D eigenvalue weighted by Crippen LogP contribution is 2.52. The first-order valence-electron chi connectivity index (χ1n) is 12.1. The van der Waals surface area contributed by atoms with E-state index < -0.39 is 12.0 Å². The van der Waals surface area contributed by atoms with Gasteiger partial charge >= 0.3 is 0 Å². The fraction of sp³-hybridized carbons (Fsp3) is 0.407. The number of halogens is 1. The topological polar surface area (TPSA) is 99.2 Å². The number of aliphatic hydroxyl groups excluding tert-OH is 1. The number of aromatic amines is 1. The van der Waals surface area contributed by atoms with Crippen LogP contribution >= 0.6 is 15.9 Å². The molecule has 1 atom stereocenters. The number of aromatic nitrogens is 3. The molecule has 0 radical (unpaired) electrons. The van der Waals surface area contributed by atoms with Crippen LogP contribution in [0.15, 0.2) is 52.0 Å². The summed E-state index contributed by atoms with van der Waals surface area (Å²) in [4.78, 5) is 40.4. The second kappa shape index (κ2) is 9.32. The van der Waals surface area contributed by atoms with Gasteiger partial charge in [-0.15, -0.1) is 0 Å². The number of nitrogens with one attached hydrogen (secondary N) is 1. The quantitative estimate of drug-likeness (QED) is 0.510. The number of aliphatic hydroxyl groups is 1. The summed E-state index contributed by atoms with van der Waals surface area (Å²) in [7, 11) is 0. The zero-order chi connectivity index (χ0) is 24.7. The molecule has 1 unspecified atom stereocenters. The highest BCUT2D eigenvalue weighted by molar-refractivity contribution is 9.10. The number of pyridine rings is 1. The number of benzene rings is 1. The minimum Gasteiger partial charge on any atom is -0.378 e. The van der Waals surface area contributed by atoms with Gasteiger partial charge in [-0.2, -0.15) is 0 Å². The third-order valence-corrected chi connectivity index (χ3v) is 7.68. The van der Waals surface area contributed by atoms with Crippen LogP contribution in [0.2, 0.25) is 0 Å². The van der Waals surface area contributed by atoms with Gasteiger partial charge in [-0.1, -0.05) is 48.0 Å². The Balaban J connectivity index is 1.43. The lowest BCUT2D eigenvalue weighted by Gasteiger charge is -2.24. The average molecular weight is 537 g/mol. The Labute approximate surface area is 212 Å². The van der Waals surface area contributed by atoms with Crippen LogP contribution < -0.4 is 5.56 Å². The van der Waals surface area contributed by atoms with Gasteiger partial charge in [0.1, 0.15) is 5.82 Å². The molecule has 2 aromatic heterocycles. The monoisotopic (exact) mass is 536 g/mol. The normalized spacial score (nSPS) is 17.6. The van der Waals surface area contributed by atoms with Crippen LogP contribution in [0.1, 0.15) is 78.9 Å². The van der Waals surface area contributed by atoms with Crippen molar-refractivity contribution in [3.8, 4) is 0 Å². The molecule has 182 valence electrons. The van der Waals surface area contributed by atoms with Crippen LogP contribution in [0.5, 0.6) is 0 Å². The van der Waals surface area contributed by atoms with Crippen molar-refractivity contribution in [1.82, 2.24) is 19.9 Å². The molecule has 0 saturated heterocycles. The number of amides is 1. The van der Waals surface area contributed by atoms with Crippen molar-refractivity contribution < 1.29 is 9.90 Å². The molecule has 0 bridgehead atoms. The van der Waals surface area contributed by atoms with Crippen molar-refractivity contribution in [3.05, 3.63) is 91.3 Å². The summed E-state index contributed by atoms with van der Waals surface area (Å²) in [6.45, 7) is 4.88. The van der Waals surface area contributed by atoms with Crippen molar-refractivity contribution in [2.75, 3.05) is 6.54 Å². The van der Waals surface area contributed by atoms with Crippen LogP contribution in [0, 0.1) is 0 Å². The summed E-state index contributed by atoms with van der Waals surface area (Å²) in [6, 6.07) is 9.25. The first kappa shape index (κ1) is 23.9. The number of rotatable bonds is 5. The molecule has 7 nitrogen and oxygen atoms in total. The predicted molar refractivity (Wildman–Crippen MR) is 136 cm³/mol. The number of H-pyrrole nitrogens is 1. The maximum absolute atomic E-state index is 13.3.